The number of hydrogen-bond acceptors (Lipinski definition) is 2. The fraction of sp³-hybridized carbons (Fsp3) is 0.400. The van der Waals surface area contributed by atoms with E-state index in [9.17, 15) is 4.39 Å². The van der Waals surface area contributed by atoms with Crippen molar-refractivity contribution in [1.82, 2.24) is 0 Å². The van der Waals surface area contributed by atoms with Crippen molar-refractivity contribution in [2.24, 2.45) is 0 Å². The predicted molar refractivity (Wildman–Crippen MR) is 55.5 cm³/mol. The highest BCUT2D eigenvalue weighted by molar-refractivity contribution is 9.10. The summed E-state index contributed by atoms with van der Waals surface area (Å²) < 4.78 is 23.9. The number of ether oxygens (including phenoxy) is 2. The maximum Gasteiger partial charge on any atom is 0.184 e. The van der Waals surface area contributed by atoms with Gasteiger partial charge < -0.3 is 9.47 Å². The first-order chi connectivity index (χ1) is 6.70. The fourth-order valence-corrected chi connectivity index (χ4v) is 1.59. The van der Waals surface area contributed by atoms with E-state index in [1.54, 1.807) is 12.1 Å². The summed E-state index contributed by atoms with van der Waals surface area (Å²) in [7, 11) is 1.53. The summed E-state index contributed by atoms with van der Waals surface area (Å²) in [5, 5.41) is 0. The highest BCUT2D eigenvalue weighted by Gasteiger charge is 2.15. The van der Waals surface area contributed by atoms with Gasteiger partial charge in [-0.3, -0.25) is 0 Å². The smallest absolute Gasteiger partial charge is 0.184 e. The molecular weight excluding hydrogens is 251 g/mol. The maximum absolute atomic E-state index is 13.2. The molecule has 0 N–H and O–H groups in total. The van der Waals surface area contributed by atoms with Gasteiger partial charge >= 0.3 is 0 Å². The van der Waals surface area contributed by atoms with E-state index in [1.807, 2.05) is 6.92 Å². The quantitative estimate of drug-likeness (QED) is 0.776. The van der Waals surface area contributed by atoms with Gasteiger partial charge in [0.1, 0.15) is 5.82 Å². The molecule has 0 heterocycles. The van der Waals surface area contributed by atoms with Crippen molar-refractivity contribution in [2.75, 3.05) is 13.7 Å². The Morgan fingerprint density at radius 2 is 2.21 bits per heavy atom. The van der Waals surface area contributed by atoms with Gasteiger partial charge in [-0.05, 0) is 28.9 Å². The molecule has 0 aliphatic rings. The minimum atomic E-state index is -0.523. The van der Waals surface area contributed by atoms with Crippen molar-refractivity contribution in [1.29, 1.82) is 0 Å². The van der Waals surface area contributed by atoms with Gasteiger partial charge in [0.25, 0.3) is 0 Å². The van der Waals surface area contributed by atoms with Crippen LogP contribution in [0.5, 0.6) is 0 Å². The molecule has 0 radical (unpaired) electrons. The topological polar surface area (TPSA) is 18.5 Å². The molecule has 0 aromatic heterocycles. The number of halogens is 2. The van der Waals surface area contributed by atoms with Crippen molar-refractivity contribution in [2.45, 2.75) is 13.2 Å². The molecule has 0 amide bonds. The highest BCUT2D eigenvalue weighted by atomic mass is 79.9. The van der Waals surface area contributed by atoms with Crippen molar-refractivity contribution in [3.8, 4) is 0 Å². The van der Waals surface area contributed by atoms with E-state index >= 15 is 0 Å². The second-order valence-corrected chi connectivity index (χ2v) is 3.46. The van der Waals surface area contributed by atoms with Crippen LogP contribution >= 0.6 is 15.9 Å². The Morgan fingerprint density at radius 1 is 1.50 bits per heavy atom. The number of rotatable bonds is 4. The van der Waals surface area contributed by atoms with Crippen LogP contribution in [0, 0.1) is 5.82 Å². The minimum absolute atomic E-state index is 0.316. The molecule has 0 saturated heterocycles. The second kappa shape index (κ2) is 5.44. The van der Waals surface area contributed by atoms with Crippen LogP contribution in [-0.4, -0.2) is 13.7 Å². The first-order valence-corrected chi connectivity index (χ1v) is 5.08. The van der Waals surface area contributed by atoms with Crippen LogP contribution in [-0.2, 0) is 9.47 Å². The van der Waals surface area contributed by atoms with Crippen molar-refractivity contribution < 1.29 is 13.9 Å². The van der Waals surface area contributed by atoms with Crippen LogP contribution in [0.2, 0.25) is 0 Å². The summed E-state index contributed by atoms with van der Waals surface area (Å²) in [6.07, 6.45) is -0.523. The fourth-order valence-electron chi connectivity index (χ4n) is 1.14. The lowest BCUT2D eigenvalue weighted by Gasteiger charge is -2.16. The summed E-state index contributed by atoms with van der Waals surface area (Å²) in [5.41, 5.74) is 0.661. The standard InChI is InChI=1S/C10H12BrFO2/c1-3-14-10(13-2)7-5-4-6-8(12)9(7)11/h4-6,10H,3H2,1-2H3. The van der Waals surface area contributed by atoms with Gasteiger partial charge in [0.05, 0.1) is 4.47 Å². The lowest BCUT2D eigenvalue weighted by molar-refractivity contribution is -0.124. The highest BCUT2D eigenvalue weighted by Crippen LogP contribution is 2.28. The van der Waals surface area contributed by atoms with E-state index in [-0.39, 0.29) is 5.82 Å². The average molecular weight is 263 g/mol. The predicted octanol–water partition coefficient (Wildman–Crippen LogP) is 3.27. The molecule has 1 aromatic carbocycles. The number of hydrogen-bond donors (Lipinski definition) is 0. The molecule has 0 fully saturated rings. The number of methoxy groups -OCH3 is 1. The van der Waals surface area contributed by atoms with Gasteiger partial charge in [0.2, 0.25) is 0 Å². The molecule has 0 saturated carbocycles. The lowest BCUT2D eigenvalue weighted by atomic mass is 10.2. The summed E-state index contributed by atoms with van der Waals surface area (Å²) >= 11 is 3.16. The van der Waals surface area contributed by atoms with Gasteiger partial charge in [0.15, 0.2) is 6.29 Å². The third kappa shape index (κ3) is 2.53. The van der Waals surface area contributed by atoms with E-state index in [2.05, 4.69) is 15.9 Å². The van der Waals surface area contributed by atoms with Crippen molar-refractivity contribution in [3.05, 3.63) is 34.1 Å². The van der Waals surface area contributed by atoms with Gasteiger partial charge in [-0.25, -0.2) is 4.39 Å². The Labute approximate surface area is 91.2 Å². The first-order valence-electron chi connectivity index (χ1n) is 4.29. The SMILES string of the molecule is CCOC(OC)c1cccc(F)c1Br. The van der Waals surface area contributed by atoms with Crippen LogP contribution in [0.1, 0.15) is 18.8 Å². The molecule has 78 valence electrons. The third-order valence-electron chi connectivity index (χ3n) is 1.77. The molecule has 0 aliphatic carbocycles. The summed E-state index contributed by atoms with van der Waals surface area (Å²) in [4.78, 5) is 0. The normalized spacial score (nSPS) is 12.9. The Morgan fingerprint density at radius 3 is 2.79 bits per heavy atom. The number of benzene rings is 1. The molecule has 1 rings (SSSR count). The van der Waals surface area contributed by atoms with E-state index in [1.165, 1.54) is 13.2 Å². The van der Waals surface area contributed by atoms with Crippen molar-refractivity contribution in [3.63, 3.8) is 0 Å². The summed E-state index contributed by atoms with van der Waals surface area (Å²) in [5.74, 6) is -0.316. The molecule has 1 unspecified atom stereocenters. The van der Waals surface area contributed by atoms with Crippen LogP contribution in [0.4, 0.5) is 4.39 Å². The maximum atomic E-state index is 13.2. The third-order valence-corrected chi connectivity index (χ3v) is 2.60. The Hall–Kier alpha value is -0.450. The largest absolute Gasteiger partial charge is 0.352 e. The van der Waals surface area contributed by atoms with Crippen molar-refractivity contribution >= 4 is 15.9 Å². The van der Waals surface area contributed by atoms with Gasteiger partial charge in [-0.1, -0.05) is 12.1 Å². The molecule has 4 heteroatoms. The van der Waals surface area contributed by atoms with E-state index in [4.69, 9.17) is 9.47 Å². The molecule has 0 bridgehead atoms. The molecular formula is C10H12BrFO2. The van der Waals surface area contributed by atoms with E-state index in [0.717, 1.165) is 0 Å². The first kappa shape index (κ1) is 11.6. The van der Waals surface area contributed by atoms with Crippen LogP contribution in [0.15, 0.2) is 22.7 Å². The zero-order valence-corrected chi connectivity index (χ0v) is 9.67. The van der Waals surface area contributed by atoms with Gasteiger partial charge in [-0.2, -0.15) is 0 Å². The van der Waals surface area contributed by atoms with E-state index < -0.39 is 6.29 Å². The van der Waals surface area contributed by atoms with Gasteiger partial charge in [-0.15, -0.1) is 0 Å². The zero-order valence-electron chi connectivity index (χ0n) is 8.09. The molecule has 1 atom stereocenters. The summed E-state index contributed by atoms with van der Waals surface area (Å²) in [6, 6.07) is 4.77. The Balaban J connectivity index is 2.97. The van der Waals surface area contributed by atoms with Gasteiger partial charge in [0, 0.05) is 19.3 Å². The Kier molecular flexibility index (Phi) is 4.51. The monoisotopic (exact) mass is 262 g/mol. The Bertz CT molecular complexity index is 304. The molecule has 2 nitrogen and oxygen atoms in total. The van der Waals surface area contributed by atoms with Crippen LogP contribution < -0.4 is 0 Å². The lowest BCUT2D eigenvalue weighted by Crippen LogP contribution is -2.07. The van der Waals surface area contributed by atoms with Crippen LogP contribution in [0.25, 0.3) is 0 Å². The summed E-state index contributed by atoms with van der Waals surface area (Å²) in [6.45, 7) is 2.38. The average Bonchev–Trinajstić information content (AvgIpc) is 2.19. The minimum Gasteiger partial charge on any atom is -0.352 e. The van der Waals surface area contributed by atoms with E-state index in [0.29, 0.717) is 16.6 Å². The molecule has 1 aromatic rings. The zero-order chi connectivity index (χ0) is 10.6. The molecule has 14 heavy (non-hydrogen) atoms. The van der Waals surface area contributed by atoms with Crippen LogP contribution in [0.3, 0.4) is 0 Å². The molecule has 0 spiro atoms. The second-order valence-electron chi connectivity index (χ2n) is 2.67. The molecule has 0 aliphatic heterocycles.